The van der Waals surface area contributed by atoms with Gasteiger partial charge in [-0.25, -0.2) is 0 Å². The smallest absolute Gasteiger partial charge is 0.406 e. The number of ether oxygens (including phenoxy) is 1. The van der Waals surface area contributed by atoms with E-state index < -0.39 is 18.5 Å². The van der Waals surface area contributed by atoms with Crippen LogP contribution in [0, 0.1) is 0 Å². The summed E-state index contributed by atoms with van der Waals surface area (Å²) in [5.74, 6) is -0.326. The number of hydrogen-bond donors (Lipinski definition) is 2. The summed E-state index contributed by atoms with van der Waals surface area (Å²) in [6.45, 7) is -0.418. The molecule has 0 atom stereocenters. The Hall–Kier alpha value is -2.28. The number of aliphatic hydroxyl groups excluding tert-OH is 1. The molecule has 1 heterocycles. The van der Waals surface area contributed by atoms with Gasteiger partial charge in [0.1, 0.15) is 5.75 Å². The minimum atomic E-state index is -4.73. The van der Waals surface area contributed by atoms with E-state index in [2.05, 4.69) is 9.72 Å². The van der Waals surface area contributed by atoms with Crippen molar-refractivity contribution >= 4 is 0 Å². The van der Waals surface area contributed by atoms with Gasteiger partial charge in [-0.05, 0) is 29.3 Å². The fourth-order valence-corrected chi connectivity index (χ4v) is 1.66. The molecule has 106 valence electrons. The van der Waals surface area contributed by atoms with Crippen LogP contribution in [0.15, 0.2) is 41.3 Å². The van der Waals surface area contributed by atoms with Crippen molar-refractivity contribution in [1.29, 1.82) is 0 Å². The topological polar surface area (TPSA) is 62.3 Å². The zero-order valence-electron chi connectivity index (χ0n) is 10.1. The summed E-state index contributed by atoms with van der Waals surface area (Å²) >= 11 is 0. The Morgan fingerprint density at radius 2 is 1.80 bits per heavy atom. The number of aliphatic hydroxyl groups is 1. The minimum Gasteiger partial charge on any atom is -0.406 e. The molecule has 0 radical (unpaired) electrons. The molecule has 0 aliphatic heterocycles. The van der Waals surface area contributed by atoms with Gasteiger partial charge in [0.25, 0.3) is 5.56 Å². The molecular weight excluding hydrogens is 275 g/mol. The van der Waals surface area contributed by atoms with E-state index in [-0.39, 0.29) is 11.3 Å². The number of pyridine rings is 1. The molecule has 0 saturated carbocycles. The van der Waals surface area contributed by atoms with Gasteiger partial charge in [0.05, 0.1) is 6.61 Å². The van der Waals surface area contributed by atoms with Crippen LogP contribution >= 0.6 is 0 Å². The van der Waals surface area contributed by atoms with E-state index in [9.17, 15) is 18.0 Å². The van der Waals surface area contributed by atoms with Gasteiger partial charge in [-0.15, -0.1) is 13.2 Å². The molecule has 0 saturated heterocycles. The first-order valence-electron chi connectivity index (χ1n) is 5.58. The Balaban J connectivity index is 2.28. The molecule has 2 N–H and O–H groups in total. The summed E-state index contributed by atoms with van der Waals surface area (Å²) < 4.78 is 39.8. The lowest BCUT2D eigenvalue weighted by Gasteiger charge is -2.09. The number of benzene rings is 1. The van der Waals surface area contributed by atoms with Crippen molar-refractivity contribution in [2.75, 3.05) is 0 Å². The molecule has 0 amide bonds. The van der Waals surface area contributed by atoms with Crippen LogP contribution in [-0.2, 0) is 6.61 Å². The van der Waals surface area contributed by atoms with Crippen LogP contribution in [0.1, 0.15) is 5.56 Å². The number of nitrogens with one attached hydrogen (secondary N) is 1. The number of alkyl halides is 3. The third-order valence-electron chi connectivity index (χ3n) is 2.57. The van der Waals surface area contributed by atoms with Crippen molar-refractivity contribution in [1.82, 2.24) is 4.98 Å². The van der Waals surface area contributed by atoms with E-state index in [4.69, 9.17) is 5.11 Å². The maximum Gasteiger partial charge on any atom is 0.573 e. The van der Waals surface area contributed by atoms with Crippen molar-refractivity contribution in [3.05, 3.63) is 52.4 Å². The first kappa shape index (κ1) is 14.1. The van der Waals surface area contributed by atoms with Gasteiger partial charge in [-0.1, -0.05) is 12.1 Å². The molecule has 0 aliphatic rings. The minimum absolute atomic E-state index is 0.179. The Bertz CT molecular complexity index is 647. The third kappa shape index (κ3) is 3.39. The van der Waals surface area contributed by atoms with Crippen LogP contribution in [0.5, 0.6) is 5.75 Å². The molecule has 0 aliphatic carbocycles. The van der Waals surface area contributed by atoms with Crippen molar-refractivity contribution in [3.63, 3.8) is 0 Å². The number of rotatable bonds is 3. The molecule has 20 heavy (non-hydrogen) atoms. The molecule has 0 fully saturated rings. The van der Waals surface area contributed by atoms with E-state index in [1.807, 2.05) is 0 Å². The second-order valence-electron chi connectivity index (χ2n) is 3.97. The molecule has 4 nitrogen and oxygen atoms in total. The van der Waals surface area contributed by atoms with Crippen LogP contribution in [-0.4, -0.2) is 16.5 Å². The first-order valence-corrected chi connectivity index (χ1v) is 5.58. The second-order valence-corrected chi connectivity index (χ2v) is 3.97. The van der Waals surface area contributed by atoms with Crippen molar-refractivity contribution in [2.45, 2.75) is 13.0 Å². The molecule has 0 bridgehead atoms. The molecule has 7 heteroatoms. The summed E-state index contributed by atoms with van der Waals surface area (Å²) in [6.07, 6.45) is -3.31. The fourth-order valence-electron chi connectivity index (χ4n) is 1.66. The highest BCUT2D eigenvalue weighted by atomic mass is 19.4. The highest BCUT2D eigenvalue weighted by Gasteiger charge is 2.30. The summed E-state index contributed by atoms with van der Waals surface area (Å²) in [7, 11) is 0. The molecule has 1 aromatic heterocycles. The number of H-pyrrole nitrogens is 1. The average Bonchev–Trinajstić information content (AvgIpc) is 2.38. The van der Waals surface area contributed by atoms with E-state index in [1.54, 1.807) is 0 Å². The van der Waals surface area contributed by atoms with E-state index >= 15 is 0 Å². The predicted octanol–water partition coefficient (Wildman–Crippen LogP) is 2.43. The Labute approximate surface area is 111 Å². The Morgan fingerprint density at radius 3 is 2.35 bits per heavy atom. The predicted molar refractivity (Wildman–Crippen MR) is 65.1 cm³/mol. The van der Waals surface area contributed by atoms with E-state index in [0.29, 0.717) is 11.1 Å². The summed E-state index contributed by atoms with van der Waals surface area (Å²) in [5, 5.41) is 9.00. The molecule has 2 rings (SSSR count). The Kier molecular flexibility index (Phi) is 3.80. The monoisotopic (exact) mass is 285 g/mol. The SMILES string of the molecule is O=c1[nH]cc(-c2ccc(OC(F)(F)F)cc2)cc1CO. The van der Waals surface area contributed by atoms with Crippen LogP contribution < -0.4 is 10.3 Å². The highest BCUT2D eigenvalue weighted by molar-refractivity contribution is 5.63. The second kappa shape index (κ2) is 5.38. The number of aromatic amines is 1. The van der Waals surface area contributed by atoms with Crippen LogP contribution in [0.3, 0.4) is 0 Å². The van der Waals surface area contributed by atoms with Gasteiger partial charge >= 0.3 is 6.36 Å². The van der Waals surface area contributed by atoms with Gasteiger partial charge in [-0.3, -0.25) is 4.79 Å². The van der Waals surface area contributed by atoms with E-state index in [0.717, 1.165) is 0 Å². The van der Waals surface area contributed by atoms with Crippen LogP contribution in [0.25, 0.3) is 11.1 Å². The maximum atomic E-state index is 12.0. The normalized spacial score (nSPS) is 11.4. The lowest BCUT2D eigenvalue weighted by Crippen LogP contribution is -2.16. The number of halogens is 3. The molecular formula is C13H10F3NO3. The standard InChI is InChI=1S/C13H10F3NO3/c14-13(15,16)20-11-3-1-8(2-4-11)9-5-10(7-18)12(19)17-6-9/h1-6,18H,7H2,(H,17,19). The van der Waals surface area contributed by atoms with Gasteiger partial charge in [-0.2, -0.15) is 0 Å². The highest BCUT2D eigenvalue weighted by Crippen LogP contribution is 2.26. The summed E-state index contributed by atoms with van der Waals surface area (Å²) in [5.41, 5.74) is 0.934. The lowest BCUT2D eigenvalue weighted by molar-refractivity contribution is -0.274. The molecule has 0 spiro atoms. The van der Waals surface area contributed by atoms with Gasteiger partial charge in [0.15, 0.2) is 0 Å². The third-order valence-corrected chi connectivity index (χ3v) is 2.57. The van der Waals surface area contributed by atoms with Crippen LogP contribution in [0.4, 0.5) is 13.2 Å². The molecule has 1 aromatic carbocycles. The fraction of sp³-hybridized carbons (Fsp3) is 0.154. The Morgan fingerprint density at radius 1 is 1.15 bits per heavy atom. The van der Waals surface area contributed by atoms with Crippen molar-refractivity contribution in [2.24, 2.45) is 0 Å². The first-order chi connectivity index (χ1) is 9.39. The molecule has 0 unspecified atom stereocenters. The van der Waals surface area contributed by atoms with E-state index in [1.165, 1.54) is 36.5 Å². The van der Waals surface area contributed by atoms with Crippen LogP contribution in [0.2, 0.25) is 0 Å². The lowest BCUT2D eigenvalue weighted by atomic mass is 10.1. The maximum absolute atomic E-state index is 12.0. The summed E-state index contributed by atoms with van der Waals surface area (Å²) in [6, 6.07) is 6.67. The van der Waals surface area contributed by atoms with Crippen molar-refractivity contribution in [3.8, 4) is 16.9 Å². The zero-order chi connectivity index (χ0) is 14.8. The van der Waals surface area contributed by atoms with Gasteiger partial charge in [0, 0.05) is 11.8 Å². The zero-order valence-corrected chi connectivity index (χ0v) is 10.1. The number of hydrogen-bond acceptors (Lipinski definition) is 3. The molecule has 2 aromatic rings. The largest absolute Gasteiger partial charge is 0.573 e. The quantitative estimate of drug-likeness (QED) is 0.910. The van der Waals surface area contributed by atoms with Gasteiger partial charge in [0.2, 0.25) is 0 Å². The van der Waals surface area contributed by atoms with Gasteiger partial charge < -0.3 is 14.8 Å². The number of aromatic nitrogens is 1. The van der Waals surface area contributed by atoms with Crippen molar-refractivity contribution < 1.29 is 23.0 Å². The average molecular weight is 285 g/mol. The summed E-state index contributed by atoms with van der Waals surface area (Å²) in [4.78, 5) is 13.7.